The Balaban J connectivity index is 2.21. The van der Waals surface area contributed by atoms with E-state index in [1.54, 1.807) is 43.0 Å². The van der Waals surface area contributed by atoms with E-state index < -0.39 is 0 Å². The number of nitrogens with zero attached hydrogens (tertiary/aromatic N) is 1. The fourth-order valence-corrected chi connectivity index (χ4v) is 2.14. The monoisotopic (exact) mass is 259 g/mol. The molecule has 0 radical (unpaired) electrons. The molecule has 0 saturated heterocycles. The summed E-state index contributed by atoms with van der Waals surface area (Å²) in [5.41, 5.74) is 2.41. The van der Waals surface area contributed by atoms with Crippen molar-refractivity contribution in [2.45, 2.75) is 26.4 Å². The van der Waals surface area contributed by atoms with Gasteiger partial charge in [0.05, 0.1) is 5.56 Å². The Morgan fingerprint density at radius 2 is 2.21 bits per heavy atom. The summed E-state index contributed by atoms with van der Waals surface area (Å²) < 4.78 is 5.18. The van der Waals surface area contributed by atoms with Crippen LogP contribution in [-0.4, -0.2) is 24.5 Å². The molecule has 0 aromatic heterocycles. The number of rotatable bonds is 3. The van der Waals surface area contributed by atoms with Gasteiger partial charge in [-0.15, -0.1) is 0 Å². The van der Waals surface area contributed by atoms with Gasteiger partial charge in [-0.05, 0) is 37.1 Å². The van der Waals surface area contributed by atoms with Crippen molar-refractivity contribution in [3.63, 3.8) is 0 Å². The van der Waals surface area contributed by atoms with Crippen molar-refractivity contribution in [3.8, 4) is 0 Å². The van der Waals surface area contributed by atoms with Crippen LogP contribution < -0.4 is 4.90 Å². The molecule has 1 heterocycles. The molecule has 19 heavy (non-hydrogen) atoms. The molecule has 2 rings (SSSR count). The number of anilines is 1. The van der Waals surface area contributed by atoms with E-state index in [2.05, 4.69) is 6.58 Å². The molecule has 1 aliphatic rings. The molecule has 1 amide bonds. The van der Waals surface area contributed by atoms with Gasteiger partial charge < -0.3 is 9.64 Å². The Morgan fingerprint density at radius 1 is 1.47 bits per heavy atom. The predicted octanol–water partition coefficient (Wildman–Crippen LogP) is 2.33. The summed E-state index contributed by atoms with van der Waals surface area (Å²) in [6.07, 6.45) is 2.03. The van der Waals surface area contributed by atoms with Crippen molar-refractivity contribution in [2.24, 2.45) is 0 Å². The molecule has 0 spiro atoms. The number of hydrogen-bond acceptors (Lipinski definition) is 3. The van der Waals surface area contributed by atoms with Crippen LogP contribution in [0.4, 0.5) is 5.69 Å². The van der Waals surface area contributed by atoms with Gasteiger partial charge in [-0.2, -0.15) is 0 Å². The van der Waals surface area contributed by atoms with Crippen molar-refractivity contribution >= 4 is 17.6 Å². The molecule has 0 saturated carbocycles. The molecule has 1 atom stereocenters. The second-order valence-corrected chi connectivity index (χ2v) is 4.61. The highest BCUT2D eigenvalue weighted by molar-refractivity contribution is 5.96. The second kappa shape index (κ2) is 5.26. The first-order valence-corrected chi connectivity index (χ1v) is 6.27. The van der Waals surface area contributed by atoms with Crippen molar-refractivity contribution < 1.29 is 14.3 Å². The van der Waals surface area contributed by atoms with Crippen LogP contribution >= 0.6 is 0 Å². The van der Waals surface area contributed by atoms with Gasteiger partial charge in [-0.3, -0.25) is 4.79 Å². The Kier molecular flexibility index (Phi) is 3.69. The van der Waals surface area contributed by atoms with Gasteiger partial charge in [0, 0.05) is 19.2 Å². The zero-order chi connectivity index (χ0) is 14.0. The summed E-state index contributed by atoms with van der Waals surface area (Å²) in [6, 6.07) is 5.30. The number of carbonyl (C=O) groups excluding carboxylic acids is 2. The number of carbonyl (C=O) groups is 2. The molecule has 1 aromatic rings. The van der Waals surface area contributed by atoms with Crippen LogP contribution in [0.15, 0.2) is 30.9 Å². The van der Waals surface area contributed by atoms with E-state index in [9.17, 15) is 9.59 Å². The van der Waals surface area contributed by atoms with E-state index in [1.807, 2.05) is 0 Å². The molecule has 100 valence electrons. The van der Waals surface area contributed by atoms with Gasteiger partial charge in [-0.25, -0.2) is 4.79 Å². The Morgan fingerprint density at radius 3 is 2.84 bits per heavy atom. The summed E-state index contributed by atoms with van der Waals surface area (Å²) in [6.45, 7) is 7.55. The average Bonchev–Trinajstić information content (AvgIpc) is 2.81. The minimum absolute atomic E-state index is 0.0226. The minimum Gasteiger partial charge on any atom is -0.455 e. The van der Waals surface area contributed by atoms with E-state index in [0.29, 0.717) is 12.1 Å². The van der Waals surface area contributed by atoms with Gasteiger partial charge >= 0.3 is 5.97 Å². The summed E-state index contributed by atoms with van der Waals surface area (Å²) in [7, 11) is 0. The fraction of sp³-hybridized carbons (Fsp3) is 0.333. The van der Waals surface area contributed by atoms with Crippen molar-refractivity contribution in [1.82, 2.24) is 0 Å². The zero-order valence-electron chi connectivity index (χ0n) is 11.2. The topological polar surface area (TPSA) is 46.6 Å². The van der Waals surface area contributed by atoms with Crippen LogP contribution in [0.5, 0.6) is 0 Å². The quantitative estimate of drug-likeness (QED) is 0.618. The molecular formula is C15H17NO3. The van der Waals surface area contributed by atoms with Crippen molar-refractivity contribution in [1.29, 1.82) is 0 Å². The first-order valence-electron chi connectivity index (χ1n) is 6.27. The lowest BCUT2D eigenvalue weighted by Gasteiger charge is -2.15. The number of esters is 1. The van der Waals surface area contributed by atoms with Crippen LogP contribution in [0.25, 0.3) is 0 Å². The maximum absolute atomic E-state index is 11.9. The Hall–Kier alpha value is -2.10. The number of ether oxygens (including phenoxy) is 1. The van der Waals surface area contributed by atoms with Gasteiger partial charge in [0.2, 0.25) is 5.91 Å². The average molecular weight is 259 g/mol. The maximum atomic E-state index is 11.9. The van der Waals surface area contributed by atoms with Crippen LogP contribution in [0.3, 0.4) is 0 Å². The maximum Gasteiger partial charge on any atom is 0.338 e. The van der Waals surface area contributed by atoms with Gasteiger partial charge in [0.25, 0.3) is 0 Å². The molecule has 1 aromatic carbocycles. The molecule has 0 fully saturated rings. The van der Waals surface area contributed by atoms with Crippen LogP contribution in [0.1, 0.15) is 29.8 Å². The summed E-state index contributed by atoms with van der Waals surface area (Å²) >= 11 is 0. The standard InChI is InChI=1S/C15H17NO3/c1-4-10(2)19-15(18)13-5-6-14-12(9-13)7-8-16(14)11(3)17/h4-6,9-10H,1,7-8H2,2-3H3. The lowest BCUT2D eigenvalue weighted by molar-refractivity contribution is -0.116. The van der Waals surface area contributed by atoms with E-state index in [1.165, 1.54) is 0 Å². The lowest BCUT2D eigenvalue weighted by Crippen LogP contribution is -2.25. The highest BCUT2D eigenvalue weighted by Crippen LogP contribution is 2.29. The van der Waals surface area contributed by atoms with E-state index in [4.69, 9.17) is 4.74 Å². The Bertz CT molecular complexity index is 536. The zero-order valence-corrected chi connectivity index (χ0v) is 11.2. The third-order valence-electron chi connectivity index (χ3n) is 3.22. The molecular weight excluding hydrogens is 242 g/mol. The molecule has 1 aliphatic heterocycles. The number of benzene rings is 1. The van der Waals surface area contributed by atoms with Gasteiger partial charge in [-0.1, -0.05) is 12.7 Å². The fourth-order valence-electron chi connectivity index (χ4n) is 2.14. The third-order valence-corrected chi connectivity index (χ3v) is 3.22. The highest BCUT2D eigenvalue weighted by Gasteiger charge is 2.23. The predicted molar refractivity (Wildman–Crippen MR) is 73.2 cm³/mol. The van der Waals surface area contributed by atoms with Crippen LogP contribution in [0, 0.1) is 0 Å². The smallest absolute Gasteiger partial charge is 0.338 e. The SMILES string of the molecule is C=CC(C)OC(=O)c1ccc2c(c1)CCN2C(C)=O. The molecule has 1 unspecified atom stereocenters. The van der Waals surface area contributed by atoms with Gasteiger partial charge in [0.15, 0.2) is 0 Å². The normalized spacial score (nSPS) is 14.7. The largest absolute Gasteiger partial charge is 0.455 e. The van der Waals surface area contributed by atoms with E-state index >= 15 is 0 Å². The molecule has 0 bridgehead atoms. The summed E-state index contributed by atoms with van der Waals surface area (Å²) in [5, 5.41) is 0. The Labute approximate surface area is 112 Å². The van der Waals surface area contributed by atoms with Crippen LogP contribution in [0.2, 0.25) is 0 Å². The number of hydrogen-bond donors (Lipinski definition) is 0. The van der Waals surface area contributed by atoms with Gasteiger partial charge in [0.1, 0.15) is 6.10 Å². The molecule has 4 nitrogen and oxygen atoms in total. The molecule has 0 N–H and O–H groups in total. The summed E-state index contributed by atoms with van der Waals surface area (Å²) in [5.74, 6) is -0.342. The number of fused-ring (bicyclic) bond motifs is 1. The molecule has 0 aliphatic carbocycles. The third kappa shape index (κ3) is 2.67. The molecule has 4 heteroatoms. The van der Waals surface area contributed by atoms with E-state index in [0.717, 1.165) is 17.7 Å². The van der Waals surface area contributed by atoms with Crippen molar-refractivity contribution in [2.75, 3.05) is 11.4 Å². The number of amides is 1. The van der Waals surface area contributed by atoms with Crippen LogP contribution in [-0.2, 0) is 16.0 Å². The minimum atomic E-state index is -0.364. The highest BCUT2D eigenvalue weighted by atomic mass is 16.5. The first-order chi connectivity index (χ1) is 9.02. The summed E-state index contributed by atoms with van der Waals surface area (Å²) in [4.78, 5) is 25.0. The first kappa shape index (κ1) is 13.3. The second-order valence-electron chi connectivity index (χ2n) is 4.61. The lowest BCUT2D eigenvalue weighted by atomic mass is 10.1. The van der Waals surface area contributed by atoms with Crippen molar-refractivity contribution in [3.05, 3.63) is 42.0 Å². The van der Waals surface area contributed by atoms with E-state index in [-0.39, 0.29) is 18.0 Å².